The molecule has 1 aliphatic heterocycles. The monoisotopic (exact) mass is 386 g/mol. The second kappa shape index (κ2) is 9.43. The third kappa shape index (κ3) is 5.74. The first-order valence-electron chi connectivity index (χ1n) is 8.74. The van der Waals surface area contributed by atoms with E-state index in [1.165, 1.54) is 11.8 Å². The molecule has 1 aliphatic rings. The van der Waals surface area contributed by atoms with Gasteiger partial charge in [-0.05, 0) is 42.0 Å². The van der Waals surface area contributed by atoms with Crippen molar-refractivity contribution >= 4 is 35.0 Å². The molecule has 1 saturated heterocycles. The summed E-state index contributed by atoms with van der Waals surface area (Å²) >= 11 is 1.33. The Bertz CT molecular complexity index is 789. The Morgan fingerprint density at radius 1 is 1.11 bits per heavy atom. The van der Waals surface area contributed by atoms with E-state index in [-0.39, 0.29) is 11.7 Å². The summed E-state index contributed by atoms with van der Waals surface area (Å²) in [6.07, 6.45) is 0. The third-order valence-electron chi connectivity index (χ3n) is 4.18. The smallest absolute Gasteiger partial charge is 0.313 e. The third-order valence-corrected chi connectivity index (χ3v) is 5.17. The minimum absolute atomic E-state index is 0.0616. The van der Waals surface area contributed by atoms with Crippen LogP contribution in [-0.2, 0) is 15.3 Å². The van der Waals surface area contributed by atoms with E-state index in [0.717, 1.165) is 37.6 Å². The molecule has 2 N–H and O–H groups in total. The number of rotatable bonds is 7. The summed E-state index contributed by atoms with van der Waals surface area (Å²) in [5.41, 5.74) is 3.36. The Morgan fingerprint density at radius 3 is 2.56 bits per heavy atom. The van der Waals surface area contributed by atoms with E-state index in [4.69, 9.17) is 9.84 Å². The number of hydrogen-bond acceptors (Lipinski definition) is 5. The minimum Gasteiger partial charge on any atom is -0.481 e. The first-order chi connectivity index (χ1) is 13.1. The summed E-state index contributed by atoms with van der Waals surface area (Å²) in [6, 6.07) is 15.0. The Labute approximate surface area is 162 Å². The molecule has 0 saturated carbocycles. The summed E-state index contributed by atoms with van der Waals surface area (Å²) in [7, 11) is 0. The van der Waals surface area contributed by atoms with Crippen LogP contribution in [0.25, 0.3) is 0 Å². The number of nitrogens with zero attached hydrogens (tertiary/aromatic N) is 1. The number of carboxylic acid groups (broad SMARTS) is 1. The van der Waals surface area contributed by atoms with E-state index in [1.54, 1.807) is 0 Å². The van der Waals surface area contributed by atoms with Gasteiger partial charge in [0, 0.05) is 35.8 Å². The standard InChI is InChI=1S/C20H22N2O4S/c23-19(24)14-27-13-15-2-1-3-17(12-15)21-20(25)16-4-6-18(7-5-16)22-8-10-26-11-9-22/h1-7,12H,8-11,13-14H2,(H,21,25)(H,23,24). The van der Waals surface area contributed by atoms with Gasteiger partial charge in [0.05, 0.1) is 19.0 Å². The zero-order valence-electron chi connectivity index (χ0n) is 14.9. The van der Waals surface area contributed by atoms with Crippen LogP contribution in [0.15, 0.2) is 48.5 Å². The van der Waals surface area contributed by atoms with Gasteiger partial charge in [-0.2, -0.15) is 0 Å². The molecular weight excluding hydrogens is 364 g/mol. The van der Waals surface area contributed by atoms with Crippen molar-refractivity contribution in [3.63, 3.8) is 0 Å². The Morgan fingerprint density at radius 2 is 1.85 bits per heavy atom. The molecule has 2 aromatic rings. The molecule has 7 heteroatoms. The fraction of sp³-hybridized carbons (Fsp3) is 0.300. The molecule has 0 aromatic heterocycles. The number of aliphatic carboxylic acids is 1. The first-order valence-corrected chi connectivity index (χ1v) is 9.90. The average molecular weight is 386 g/mol. The van der Waals surface area contributed by atoms with Crippen molar-refractivity contribution in [2.75, 3.05) is 42.3 Å². The lowest BCUT2D eigenvalue weighted by Crippen LogP contribution is -2.36. The van der Waals surface area contributed by atoms with Gasteiger partial charge in [-0.3, -0.25) is 9.59 Å². The Balaban J connectivity index is 1.59. The SMILES string of the molecule is O=C(O)CSCc1cccc(NC(=O)c2ccc(N3CCOCC3)cc2)c1. The molecule has 1 fully saturated rings. The molecule has 1 heterocycles. The van der Waals surface area contributed by atoms with Crippen molar-refractivity contribution in [2.24, 2.45) is 0 Å². The van der Waals surface area contributed by atoms with E-state index >= 15 is 0 Å². The molecule has 27 heavy (non-hydrogen) atoms. The molecule has 1 amide bonds. The summed E-state index contributed by atoms with van der Waals surface area (Å²) in [6.45, 7) is 3.17. The van der Waals surface area contributed by atoms with Crippen molar-refractivity contribution in [1.82, 2.24) is 0 Å². The Kier molecular flexibility index (Phi) is 6.73. The normalized spacial score (nSPS) is 14.0. The van der Waals surface area contributed by atoms with Crippen LogP contribution in [0.3, 0.4) is 0 Å². The second-order valence-electron chi connectivity index (χ2n) is 6.19. The summed E-state index contributed by atoms with van der Waals surface area (Å²) in [5, 5.41) is 11.6. The van der Waals surface area contributed by atoms with E-state index in [1.807, 2.05) is 48.5 Å². The van der Waals surface area contributed by atoms with Gasteiger partial charge in [-0.15, -0.1) is 11.8 Å². The molecule has 3 rings (SSSR count). The highest BCUT2D eigenvalue weighted by molar-refractivity contribution is 7.99. The van der Waals surface area contributed by atoms with Crippen molar-refractivity contribution in [3.8, 4) is 0 Å². The number of carboxylic acids is 1. The van der Waals surface area contributed by atoms with Crippen LogP contribution in [0, 0.1) is 0 Å². The van der Waals surface area contributed by atoms with Gasteiger partial charge in [0.2, 0.25) is 0 Å². The highest BCUT2D eigenvalue weighted by Crippen LogP contribution is 2.19. The lowest BCUT2D eigenvalue weighted by molar-refractivity contribution is -0.133. The zero-order chi connectivity index (χ0) is 19.1. The maximum atomic E-state index is 12.5. The van der Waals surface area contributed by atoms with Crippen molar-refractivity contribution in [3.05, 3.63) is 59.7 Å². The molecule has 0 unspecified atom stereocenters. The van der Waals surface area contributed by atoms with Crippen LogP contribution in [0.1, 0.15) is 15.9 Å². The summed E-state index contributed by atoms with van der Waals surface area (Å²) < 4.78 is 5.36. The molecule has 0 spiro atoms. The van der Waals surface area contributed by atoms with Gasteiger partial charge in [-0.25, -0.2) is 0 Å². The number of nitrogens with one attached hydrogen (secondary N) is 1. The van der Waals surface area contributed by atoms with E-state index in [9.17, 15) is 9.59 Å². The molecule has 0 bridgehead atoms. The van der Waals surface area contributed by atoms with Gasteiger partial charge in [0.15, 0.2) is 0 Å². The molecular formula is C20H22N2O4S. The summed E-state index contributed by atoms with van der Waals surface area (Å²) in [5.74, 6) is -0.347. The quantitative estimate of drug-likeness (QED) is 0.761. The number of morpholine rings is 1. The first kappa shape index (κ1) is 19.3. The molecule has 0 radical (unpaired) electrons. The Hall–Kier alpha value is -2.51. The van der Waals surface area contributed by atoms with Crippen LogP contribution in [0.5, 0.6) is 0 Å². The lowest BCUT2D eigenvalue weighted by atomic mass is 10.1. The van der Waals surface area contributed by atoms with Crippen LogP contribution in [0.2, 0.25) is 0 Å². The topological polar surface area (TPSA) is 78.9 Å². The van der Waals surface area contributed by atoms with Crippen LogP contribution < -0.4 is 10.2 Å². The van der Waals surface area contributed by atoms with Crippen LogP contribution in [-0.4, -0.2) is 49.0 Å². The number of carbonyl (C=O) groups excluding carboxylic acids is 1. The number of hydrogen-bond donors (Lipinski definition) is 2. The second-order valence-corrected chi connectivity index (χ2v) is 7.17. The van der Waals surface area contributed by atoms with Crippen LogP contribution in [0.4, 0.5) is 11.4 Å². The number of ether oxygens (including phenoxy) is 1. The summed E-state index contributed by atoms with van der Waals surface area (Å²) in [4.78, 5) is 25.3. The van der Waals surface area contributed by atoms with Gasteiger partial charge in [-0.1, -0.05) is 12.1 Å². The van der Waals surface area contributed by atoms with Gasteiger partial charge in [0.25, 0.3) is 5.91 Å². The van der Waals surface area contributed by atoms with E-state index in [0.29, 0.717) is 17.0 Å². The number of anilines is 2. The number of carbonyl (C=O) groups is 2. The highest BCUT2D eigenvalue weighted by Gasteiger charge is 2.12. The predicted molar refractivity (Wildman–Crippen MR) is 108 cm³/mol. The molecule has 0 aliphatic carbocycles. The van der Waals surface area contributed by atoms with Crippen molar-refractivity contribution in [1.29, 1.82) is 0 Å². The largest absolute Gasteiger partial charge is 0.481 e. The fourth-order valence-electron chi connectivity index (χ4n) is 2.84. The number of benzene rings is 2. The number of thioether (sulfide) groups is 1. The number of amides is 1. The zero-order valence-corrected chi connectivity index (χ0v) is 15.7. The van der Waals surface area contributed by atoms with Crippen molar-refractivity contribution in [2.45, 2.75) is 5.75 Å². The van der Waals surface area contributed by atoms with Gasteiger partial charge >= 0.3 is 5.97 Å². The minimum atomic E-state index is -0.829. The fourth-order valence-corrected chi connectivity index (χ4v) is 3.54. The van der Waals surface area contributed by atoms with Gasteiger partial charge < -0.3 is 20.1 Å². The van der Waals surface area contributed by atoms with E-state index in [2.05, 4.69) is 10.2 Å². The maximum Gasteiger partial charge on any atom is 0.313 e. The molecule has 6 nitrogen and oxygen atoms in total. The van der Waals surface area contributed by atoms with Gasteiger partial charge in [0.1, 0.15) is 0 Å². The average Bonchev–Trinajstić information content (AvgIpc) is 2.69. The lowest BCUT2D eigenvalue weighted by Gasteiger charge is -2.28. The van der Waals surface area contributed by atoms with Crippen molar-refractivity contribution < 1.29 is 19.4 Å². The highest BCUT2D eigenvalue weighted by atomic mass is 32.2. The maximum absolute atomic E-state index is 12.5. The molecule has 0 atom stereocenters. The predicted octanol–water partition coefficient (Wildman–Crippen LogP) is 3.09. The molecule has 2 aromatic carbocycles. The molecule has 142 valence electrons. The van der Waals surface area contributed by atoms with E-state index < -0.39 is 5.97 Å². The van der Waals surface area contributed by atoms with Crippen LogP contribution >= 0.6 is 11.8 Å².